The zero-order chi connectivity index (χ0) is 35.0. The minimum absolute atomic E-state index is 0.0438. The molecule has 0 aliphatic carbocycles. The first kappa shape index (κ1) is 33.4. The third kappa shape index (κ3) is 5.14. The summed E-state index contributed by atoms with van der Waals surface area (Å²) in [5.74, 6) is -2.82. The predicted octanol–water partition coefficient (Wildman–Crippen LogP) is 4.51. The second-order valence-electron chi connectivity index (χ2n) is 13.3. The minimum Gasteiger partial charge on any atom is -0.394 e. The second kappa shape index (κ2) is 13.3. The van der Waals surface area contributed by atoms with Crippen LogP contribution in [0.3, 0.4) is 0 Å². The average Bonchev–Trinajstić information content (AvgIpc) is 3.88. The highest BCUT2D eigenvalue weighted by atomic mass is 16.5. The Morgan fingerprint density at radius 2 is 1.66 bits per heavy atom. The molecular weight excluding hydrogens is 632 g/mol. The molecule has 1 N–H and O–H groups in total. The van der Waals surface area contributed by atoms with Crippen molar-refractivity contribution in [1.29, 1.82) is 0 Å². The number of amides is 3. The van der Waals surface area contributed by atoms with Crippen molar-refractivity contribution < 1.29 is 24.2 Å². The molecule has 4 heterocycles. The number of aliphatic hydroxyl groups is 1. The maximum absolute atomic E-state index is 15.2. The Kier molecular flexibility index (Phi) is 8.87. The quantitative estimate of drug-likeness (QED) is 0.207. The number of para-hydroxylation sites is 2. The van der Waals surface area contributed by atoms with Gasteiger partial charge in [-0.2, -0.15) is 0 Å². The maximum atomic E-state index is 15.2. The van der Waals surface area contributed by atoms with E-state index in [-0.39, 0.29) is 37.5 Å². The fraction of sp³-hybridized carbons (Fsp3) is 0.359. The van der Waals surface area contributed by atoms with Crippen molar-refractivity contribution in [2.75, 3.05) is 24.6 Å². The van der Waals surface area contributed by atoms with Crippen LogP contribution in [0.1, 0.15) is 37.8 Å². The topological polar surface area (TPSA) is 121 Å². The number of hydrogen-bond acceptors (Lipinski definition) is 7. The smallest absolute Gasteiger partial charge is 0.250 e. The van der Waals surface area contributed by atoms with Gasteiger partial charge in [-0.15, -0.1) is 18.3 Å². The van der Waals surface area contributed by atoms with Crippen molar-refractivity contribution in [3.8, 4) is 0 Å². The summed E-state index contributed by atoms with van der Waals surface area (Å²) in [5, 5.41) is 19.5. The first-order valence-electron chi connectivity index (χ1n) is 17.2. The zero-order valence-corrected chi connectivity index (χ0v) is 28.2. The third-order valence-electron chi connectivity index (χ3n) is 10.8. The van der Waals surface area contributed by atoms with E-state index in [4.69, 9.17) is 4.74 Å². The molecule has 3 aliphatic rings. The van der Waals surface area contributed by atoms with Gasteiger partial charge in [-0.05, 0) is 49.1 Å². The first-order valence-corrected chi connectivity index (χ1v) is 17.2. The lowest BCUT2D eigenvalue weighted by molar-refractivity contribution is -0.157. The summed E-state index contributed by atoms with van der Waals surface area (Å²) in [5.41, 5.74) is 0.529. The van der Waals surface area contributed by atoms with Gasteiger partial charge in [0.2, 0.25) is 17.7 Å². The Balaban J connectivity index is 1.36. The van der Waals surface area contributed by atoms with E-state index in [1.54, 1.807) is 26.6 Å². The molecule has 258 valence electrons. The van der Waals surface area contributed by atoms with Gasteiger partial charge in [0.05, 0.1) is 35.6 Å². The van der Waals surface area contributed by atoms with E-state index >= 15 is 9.59 Å². The molecule has 1 spiro atoms. The zero-order valence-electron chi connectivity index (χ0n) is 28.2. The van der Waals surface area contributed by atoms with Gasteiger partial charge < -0.3 is 24.5 Å². The van der Waals surface area contributed by atoms with Gasteiger partial charge in [-0.1, -0.05) is 85.0 Å². The van der Waals surface area contributed by atoms with Crippen molar-refractivity contribution in [3.05, 3.63) is 116 Å². The van der Waals surface area contributed by atoms with Crippen molar-refractivity contribution in [2.24, 2.45) is 11.8 Å². The number of benzene rings is 3. The van der Waals surface area contributed by atoms with E-state index in [9.17, 15) is 9.90 Å². The third-order valence-corrected chi connectivity index (χ3v) is 10.8. The Hall–Kier alpha value is -5.13. The molecule has 1 aromatic heterocycles. The number of hydrogen-bond donors (Lipinski definition) is 1. The highest BCUT2D eigenvalue weighted by Gasteiger charge is 2.79. The molecule has 0 saturated carbocycles. The molecule has 4 aromatic rings. The number of carbonyl (C=O) groups is 3. The summed E-state index contributed by atoms with van der Waals surface area (Å²) in [6.45, 7) is 9.81. The van der Waals surface area contributed by atoms with Gasteiger partial charge in [0.15, 0.2) is 0 Å². The van der Waals surface area contributed by atoms with Gasteiger partial charge in [0, 0.05) is 18.8 Å². The van der Waals surface area contributed by atoms with Crippen LogP contribution < -0.4 is 4.90 Å². The largest absolute Gasteiger partial charge is 0.394 e. The van der Waals surface area contributed by atoms with Crippen molar-refractivity contribution >= 4 is 34.4 Å². The average molecular weight is 675 g/mol. The Morgan fingerprint density at radius 3 is 2.34 bits per heavy atom. The van der Waals surface area contributed by atoms with Crippen LogP contribution in [0.15, 0.2) is 110 Å². The van der Waals surface area contributed by atoms with E-state index in [0.29, 0.717) is 36.0 Å². The molecule has 3 fully saturated rings. The van der Waals surface area contributed by atoms with E-state index < -0.39 is 41.7 Å². The monoisotopic (exact) mass is 674 g/mol. The summed E-state index contributed by atoms with van der Waals surface area (Å²) in [6.07, 6.45) is 4.69. The lowest BCUT2D eigenvalue weighted by Crippen LogP contribution is -2.57. The first-order chi connectivity index (χ1) is 24.3. The highest BCUT2D eigenvalue weighted by molar-refractivity contribution is 6.03. The Labute approximate surface area is 291 Å². The summed E-state index contributed by atoms with van der Waals surface area (Å²) < 4.78 is 8.74. The lowest BCUT2D eigenvalue weighted by Gasteiger charge is -2.39. The van der Waals surface area contributed by atoms with Crippen LogP contribution in [0.2, 0.25) is 0 Å². The van der Waals surface area contributed by atoms with Crippen LogP contribution in [-0.4, -0.2) is 84.6 Å². The summed E-state index contributed by atoms with van der Waals surface area (Å²) in [6, 6.07) is 24.0. The van der Waals surface area contributed by atoms with E-state index in [0.717, 1.165) is 5.52 Å². The normalized spacial score (nSPS) is 25.8. The number of nitrogens with zero attached hydrogens (tertiary/aromatic N) is 6. The molecule has 3 amide bonds. The molecule has 11 nitrogen and oxygen atoms in total. The second-order valence-corrected chi connectivity index (χ2v) is 13.3. The fourth-order valence-electron chi connectivity index (χ4n) is 8.63. The van der Waals surface area contributed by atoms with E-state index in [2.05, 4.69) is 23.5 Å². The number of anilines is 1. The molecule has 7 rings (SSSR count). The van der Waals surface area contributed by atoms with E-state index in [1.807, 2.05) is 91.9 Å². The van der Waals surface area contributed by atoms with Crippen molar-refractivity contribution in [2.45, 2.75) is 56.1 Å². The molecule has 50 heavy (non-hydrogen) atoms. The molecule has 2 unspecified atom stereocenters. The molecule has 3 aliphatic heterocycles. The van der Waals surface area contributed by atoms with Crippen LogP contribution in [0.4, 0.5) is 5.69 Å². The minimum atomic E-state index is -1.31. The number of fused-ring (bicyclic) bond motifs is 2. The summed E-state index contributed by atoms with van der Waals surface area (Å²) in [7, 11) is 0. The molecule has 11 heteroatoms. The van der Waals surface area contributed by atoms with Gasteiger partial charge in [-0.25, -0.2) is 4.68 Å². The molecular formula is C39H42N6O5. The number of likely N-dealkylation sites (tertiary alicyclic amines) is 1. The molecule has 3 aromatic carbocycles. The maximum Gasteiger partial charge on any atom is 0.250 e. The predicted molar refractivity (Wildman–Crippen MR) is 188 cm³/mol. The lowest BCUT2D eigenvalue weighted by atomic mass is 9.64. The molecule has 3 saturated heterocycles. The SMILES string of the molecule is C=CCN(Cn1nnc2ccccc21)C(=O)C1N([C@H](CO)c2ccccc2)C(=O)[C@@H]2[C@@H](C(=O)N(CC=C)c3ccccc3)[C@@]3(CC)CCC12O3. The van der Waals surface area contributed by atoms with Crippen molar-refractivity contribution in [3.63, 3.8) is 0 Å². The number of aromatic nitrogens is 3. The molecule has 0 radical (unpaired) electrons. The van der Waals surface area contributed by atoms with Gasteiger partial charge in [0.1, 0.15) is 23.8 Å². The van der Waals surface area contributed by atoms with Crippen LogP contribution in [0.25, 0.3) is 11.0 Å². The van der Waals surface area contributed by atoms with Gasteiger partial charge >= 0.3 is 0 Å². The van der Waals surface area contributed by atoms with Crippen LogP contribution in [-0.2, 0) is 25.8 Å². The Morgan fingerprint density at radius 1 is 0.980 bits per heavy atom. The molecule has 6 atom stereocenters. The highest BCUT2D eigenvalue weighted by Crippen LogP contribution is 2.65. The van der Waals surface area contributed by atoms with Crippen LogP contribution >= 0.6 is 0 Å². The van der Waals surface area contributed by atoms with Crippen molar-refractivity contribution in [1.82, 2.24) is 24.8 Å². The summed E-state index contributed by atoms with van der Waals surface area (Å²) >= 11 is 0. The van der Waals surface area contributed by atoms with Crippen LogP contribution in [0.5, 0.6) is 0 Å². The number of rotatable bonds is 13. The van der Waals surface area contributed by atoms with Gasteiger partial charge in [0.25, 0.3) is 0 Å². The summed E-state index contributed by atoms with van der Waals surface area (Å²) in [4.78, 5) is 50.0. The Bertz CT molecular complexity index is 1920. The fourth-order valence-corrected chi connectivity index (χ4v) is 8.63. The molecule has 2 bridgehead atoms. The number of ether oxygens (including phenoxy) is 1. The van der Waals surface area contributed by atoms with E-state index in [1.165, 1.54) is 4.90 Å². The van der Waals surface area contributed by atoms with Gasteiger partial charge in [-0.3, -0.25) is 14.4 Å². The standard InChI is InChI=1S/C39H42N6O5/c1-4-23-42(26-44-30-20-14-13-19-29(30)40-41-44)37(49)34-39-22-21-38(6-3,50-39)32(35(47)43(24-5-2)28-17-11-8-12-18-28)33(39)36(48)45(34)31(25-46)27-15-9-7-10-16-27/h4-5,7-20,31-34,46H,1-2,6,21-26H2,3H3/t31-,32+,33+,34?,38-,39?/m1/s1. The number of carbonyl (C=O) groups excluding carboxylic acids is 3. The number of aliphatic hydroxyl groups excluding tert-OH is 1. The van der Waals surface area contributed by atoms with Crippen LogP contribution in [0, 0.1) is 11.8 Å².